The van der Waals surface area contributed by atoms with Crippen LogP contribution in [0.1, 0.15) is 49.1 Å². The van der Waals surface area contributed by atoms with Gasteiger partial charge in [0.15, 0.2) is 11.5 Å². The number of piperazine rings is 1. The molecular weight excluding hydrogens is 499 g/mol. The van der Waals surface area contributed by atoms with Crippen LogP contribution in [0.4, 0.5) is 4.39 Å². The summed E-state index contributed by atoms with van der Waals surface area (Å²) in [6, 6.07) is 10.9. The molecule has 0 bridgehead atoms. The van der Waals surface area contributed by atoms with Crippen molar-refractivity contribution in [1.29, 1.82) is 0 Å². The molecule has 1 unspecified atom stereocenters. The Hall–Kier alpha value is -1.67. The Kier molecular flexibility index (Phi) is 8.51. The van der Waals surface area contributed by atoms with E-state index in [0.29, 0.717) is 21.5 Å². The number of benzene rings is 2. The van der Waals surface area contributed by atoms with Crippen LogP contribution in [0.25, 0.3) is 0 Å². The molecule has 2 aromatic carbocycles. The average Bonchev–Trinajstić information content (AvgIpc) is 2.83. The summed E-state index contributed by atoms with van der Waals surface area (Å²) < 4.78 is 26.5. The maximum Gasteiger partial charge on any atom is 0.161 e. The third-order valence-corrected chi connectivity index (χ3v) is 7.89. The van der Waals surface area contributed by atoms with Gasteiger partial charge in [0.05, 0.1) is 12.7 Å². The molecule has 1 N–H and O–H groups in total. The third kappa shape index (κ3) is 6.11. The summed E-state index contributed by atoms with van der Waals surface area (Å²) >= 11 is 3.28. The molecule has 2 aliphatic rings. The Labute approximate surface area is 211 Å². The van der Waals surface area contributed by atoms with Crippen LogP contribution in [0.15, 0.2) is 40.9 Å². The molecule has 0 spiro atoms. The van der Waals surface area contributed by atoms with Crippen LogP contribution >= 0.6 is 15.9 Å². The Balaban J connectivity index is 1.55. The molecule has 186 valence electrons. The van der Waals surface area contributed by atoms with E-state index in [4.69, 9.17) is 9.47 Å². The smallest absolute Gasteiger partial charge is 0.161 e. The molecule has 1 aliphatic heterocycles. The monoisotopic (exact) mass is 534 g/mol. The largest absolute Gasteiger partial charge is 0.493 e. The Morgan fingerprint density at radius 2 is 1.76 bits per heavy atom. The molecule has 2 fully saturated rings. The molecule has 4 rings (SSSR count). The second-order valence-electron chi connectivity index (χ2n) is 9.76. The lowest BCUT2D eigenvalue weighted by Gasteiger charge is -2.43. The van der Waals surface area contributed by atoms with Crippen LogP contribution in [-0.2, 0) is 6.61 Å². The number of nitrogens with zero attached hydrogens (tertiary/aromatic N) is 2. The molecule has 0 amide bonds. The first-order chi connectivity index (χ1) is 16.4. The molecule has 2 aromatic rings. The number of halogens is 2. The number of likely N-dealkylation sites (N-methyl/N-ethyl adjacent to an activating group) is 1. The van der Waals surface area contributed by atoms with E-state index in [0.717, 1.165) is 64.0 Å². The second kappa shape index (κ2) is 11.4. The van der Waals surface area contributed by atoms with Crippen molar-refractivity contribution in [2.75, 3.05) is 46.9 Å². The molecule has 1 aliphatic carbocycles. The molecular formula is C27H36BrFN2O3. The van der Waals surface area contributed by atoms with E-state index in [1.807, 2.05) is 18.2 Å². The molecule has 1 heterocycles. The van der Waals surface area contributed by atoms with Gasteiger partial charge in [-0.05, 0) is 49.7 Å². The predicted octanol–water partition coefficient (Wildman–Crippen LogP) is 5.20. The number of ether oxygens (including phenoxy) is 2. The minimum Gasteiger partial charge on any atom is -0.493 e. The number of aliphatic hydroxyl groups is 1. The van der Waals surface area contributed by atoms with E-state index in [1.54, 1.807) is 19.2 Å². The van der Waals surface area contributed by atoms with Crippen molar-refractivity contribution < 1.29 is 19.0 Å². The van der Waals surface area contributed by atoms with Crippen LogP contribution in [0, 0.1) is 5.82 Å². The molecule has 0 aromatic heterocycles. The van der Waals surface area contributed by atoms with Gasteiger partial charge in [-0.15, -0.1) is 0 Å². The van der Waals surface area contributed by atoms with Gasteiger partial charge in [0.1, 0.15) is 12.4 Å². The fourth-order valence-electron chi connectivity index (χ4n) is 5.20. The summed E-state index contributed by atoms with van der Waals surface area (Å²) in [5, 5.41) is 11.8. The van der Waals surface area contributed by atoms with Crippen LogP contribution in [0.5, 0.6) is 11.5 Å². The average molecular weight is 535 g/mol. The summed E-state index contributed by atoms with van der Waals surface area (Å²) in [5.74, 6) is 0.875. The zero-order valence-corrected chi connectivity index (χ0v) is 21.8. The fraction of sp³-hybridized carbons (Fsp3) is 0.556. The van der Waals surface area contributed by atoms with Crippen LogP contribution in [0.2, 0.25) is 0 Å². The number of hydrogen-bond acceptors (Lipinski definition) is 5. The predicted molar refractivity (Wildman–Crippen MR) is 136 cm³/mol. The molecule has 34 heavy (non-hydrogen) atoms. The first-order valence-corrected chi connectivity index (χ1v) is 13.1. The van der Waals surface area contributed by atoms with E-state index >= 15 is 0 Å². The lowest BCUT2D eigenvalue weighted by molar-refractivity contribution is -0.0337. The Bertz CT molecular complexity index is 959. The third-order valence-electron chi connectivity index (χ3n) is 7.39. The molecule has 0 radical (unpaired) electrons. The van der Waals surface area contributed by atoms with Gasteiger partial charge in [-0.2, -0.15) is 0 Å². The van der Waals surface area contributed by atoms with Crippen molar-refractivity contribution in [2.24, 2.45) is 0 Å². The van der Waals surface area contributed by atoms with Crippen molar-refractivity contribution in [2.45, 2.75) is 50.2 Å². The number of hydrogen-bond donors (Lipinski definition) is 1. The van der Waals surface area contributed by atoms with Gasteiger partial charge in [0.2, 0.25) is 0 Å². The molecule has 1 atom stereocenters. The van der Waals surface area contributed by atoms with Gasteiger partial charge in [-0.1, -0.05) is 47.3 Å². The quantitative estimate of drug-likeness (QED) is 0.504. The van der Waals surface area contributed by atoms with Crippen molar-refractivity contribution in [3.8, 4) is 11.5 Å². The van der Waals surface area contributed by atoms with Crippen molar-refractivity contribution in [3.05, 3.63) is 57.8 Å². The highest BCUT2D eigenvalue weighted by atomic mass is 79.9. The van der Waals surface area contributed by atoms with E-state index < -0.39 is 5.60 Å². The minimum atomic E-state index is -0.713. The summed E-state index contributed by atoms with van der Waals surface area (Å²) in [7, 11) is 3.78. The molecule has 1 saturated carbocycles. The zero-order chi connectivity index (χ0) is 24.1. The highest BCUT2D eigenvalue weighted by Gasteiger charge is 2.40. The summed E-state index contributed by atoms with van der Waals surface area (Å²) in [4.78, 5) is 4.83. The normalized spacial score (nSPS) is 20.1. The lowest BCUT2D eigenvalue weighted by Crippen LogP contribution is -2.50. The topological polar surface area (TPSA) is 45.2 Å². The van der Waals surface area contributed by atoms with Gasteiger partial charge in [-0.25, -0.2) is 4.39 Å². The van der Waals surface area contributed by atoms with E-state index in [9.17, 15) is 9.50 Å². The molecule has 7 heteroatoms. The van der Waals surface area contributed by atoms with Gasteiger partial charge in [0, 0.05) is 48.7 Å². The first-order valence-electron chi connectivity index (χ1n) is 12.3. The second-order valence-corrected chi connectivity index (χ2v) is 10.7. The first kappa shape index (κ1) is 25.4. The number of rotatable bonds is 8. The standard InChI is InChI=1S/C27H36BrFN2O3/c1-30-12-14-31(15-13-30)18-23(27(32)10-4-3-5-11-27)20-7-9-25(26(16-20)33-2)34-19-21-6-8-22(28)17-24(21)29/h6-9,16-17,23,32H,3-5,10-15,18-19H2,1-2H3. The van der Waals surface area contributed by atoms with Crippen molar-refractivity contribution in [1.82, 2.24) is 9.80 Å². The zero-order valence-electron chi connectivity index (χ0n) is 20.2. The summed E-state index contributed by atoms with van der Waals surface area (Å²) in [6.07, 6.45) is 4.97. The molecule has 1 saturated heterocycles. The maximum atomic E-state index is 14.2. The van der Waals surface area contributed by atoms with Crippen LogP contribution in [-0.4, -0.2) is 67.4 Å². The lowest BCUT2D eigenvalue weighted by atomic mass is 9.72. The summed E-state index contributed by atoms with van der Waals surface area (Å²) in [6.45, 7) is 5.07. The number of methoxy groups -OCH3 is 1. The van der Waals surface area contributed by atoms with E-state index in [-0.39, 0.29) is 18.3 Å². The maximum absolute atomic E-state index is 14.2. The van der Waals surface area contributed by atoms with E-state index in [1.165, 1.54) is 12.5 Å². The van der Waals surface area contributed by atoms with Gasteiger partial charge < -0.3 is 24.4 Å². The highest BCUT2D eigenvalue weighted by Crippen LogP contribution is 2.42. The molecule has 5 nitrogen and oxygen atoms in total. The summed E-state index contributed by atoms with van der Waals surface area (Å²) in [5.41, 5.74) is 0.844. The SMILES string of the molecule is COc1cc(C(CN2CCN(C)CC2)C2(O)CCCCC2)ccc1OCc1ccc(Br)cc1F. The fourth-order valence-corrected chi connectivity index (χ4v) is 5.53. The van der Waals surface area contributed by atoms with E-state index in [2.05, 4.69) is 32.8 Å². The highest BCUT2D eigenvalue weighted by molar-refractivity contribution is 9.10. The Morgan fingerprint density at radius 1 is 1.03 bits per heavy atom. The minimum absolute atomic E-state index is 0.00285. The Morgan fingerprint density at radius 3 is 2.44 bits per heavy atom. The van der Waals surface area contributed by atoms with Crippen LogP contribution in [0.3, 0.4) is 0 Å². The van der Waals surface area contributed by atoms with Crippen LogP contribution < -0.4 is 9.47 Å². The van der Waals surface area contributed by atoms with Crippen molar-refractivity contribution in [3.63, 3.8) is 0 Å². The van der Waals surface area contributed by atoms with Gasteiger partial charge in [-0.3, -0.25) is 0 Å². The van der Waals surface area contributed by atoms with Crippen molar-refractivity contribution >= 4 is 15.9 Å². The van der Waals surface area contributed by atoms with Gasteiger partial charge in [0.25, 0.3) is 0 Å². The van der Waals surface area contributed by atoms with Gasteiger partial charge >= 0.3 is 0 Å².